The molecule has 0 spiro atoms. The molecule has 0 radical (unpaired) electrons. The molecule has 0 amide bonds. The lowest BCUT2D eigenvalue weighted by molar-refractivity contribution is 0.00860. The minimum Gasteiger partial charge on any atom is -0.487 e. The maximum absolute atomic E-state index is 14.1. The highest BCUT2D eigenvalue weighted by molar-refractivity contribution is 6.31. The van der Waals surface area contributed by atoms with E-state index in [1.54, 1.807) is 12.1 Å². The largest absolute Gasteiger partial charge is 0.487 e. The molecular weight excluding hydrogens is 417 g/mol. The summed E-state index contributed by atoms with van der Waals surface area (Å²) in [4.78, 5) is 10.6. The summed E-state index contributed by atoms with van der Waals surface area (Å²) in [6, 6.07) is 10.4. The molecule has 1 aliphatic rings. The predicted octanol–water partition coefficient (Wildman–Crippen LogP) is 4.66. The quantitative estimate of drug-likeness (QED) is 0.596. The minimum absolute atomic E-state index is 0.142. The predicted molar refractivity (Wildman–Crippen MR) is 122 cm³/mol. The first kappa shape index (κ1) is 21.6. The van der Waals surface area contributed by atoms with E-state index in [9.17, 15) is 4.39 Å². The van der Waals surface area contributed by atoms with Crippen molar-refractivity contribution in [2.45, 2.75) is 38.8 Å². The lowest BCUT2D eigenvalue weighted by Gasteiger charge is -2.41. The van der Waals surface area contributed by atoms with Crippen molar-refractivity contribution >= 4 is 34.3 Å². The van der Waals surface area contributed by atoms with Crippen molar-refractivity contribution in [3.05, 3.63) is 52.8 Å². The molecule has 31 heavy (non-hydrogen) atoms. The number of fused-ring (bicyclic) bond motifs is 1. The fourth-order valence-electron chi connectivity index (χ4n) is 4.34. The summed E-state index contributed by atoms with van der Waals surface area (Å²) in [6.45, 7) is 6.39. The van der Waals surface area contributed by atoms with E-state index in [0.29, 0.717) is 45.5 Å². The molecule has 1 saturated heterocycles. The Kier molecular flexibility index (Phi) is 5.90. The van der Waals surface area contributed by atoms with Crippen LogP contribution >= 0.6 is 11.6 Å². The Morgan fingerprint density at radius 3 is 2.55 bits per heavy atom. The number of nitrogens with two attached hydrogens (primary N) is 2. The van der Waals surface area contributed by atoms with Gasteiger partial charge in [0, 0.05) is 23.0 Å². The summed E-state index contributed by atoms with van der Waals surface area (Å²) in [7, 11) is 0. The van der Waals surface area contributed by atoms with E-state index >= 15 is 0 Å². The molecule has 6 nitrogen and oxygen atoms in total. The van der Waals surface area contributed by atoms with E-state index in [-0.39, 0.29) is 11.8 Å². The second-order valence-corrected chi connectivity index (χ2v) is 8.98. The molecule has 8 heteroatoms. The molecule has 1 fully saturated rings. The highest BCUT2D eigenvalue weighted by Crippen LogP contribution is 2.37. The molecule has 2 aromatic carbocycles. The van der Waals surface area contributed by atoms with E-state index in [4.69, 9.17) is 27.8 Å². The van der Waals surface area contributed by atoms with Crippen molar-refractivity contribution in [2.24, 2.45) is 5.92 Å². The summed E-state index contributed by atoms with van der Waals surface area (Å²) < 4.78 is 20.6. The van der Waals surface area contributed by atoms with Crippen molar-refractivity contribution in [1.29, 1.82) is 0 Å². The standard InChI is InChI=1S/C23H27ClFN5O/c1-23(2,31-19-8-4-7-18-20(19)21(26)29-22(27)28-18)14-9-11-30(12-10-14)13-15-16(24)5-3-6-17(15)25/h3-8,14H,9-13H2,1-2H3,(H4,26,27,28,29). The summed E-state index contributed by atoms with van der Waals surface area (Å²) in [5, 5.41) is 1.15. The number of aromatic nitrogens is 2. The van der Waals surface area contributed by atoms with Gasteiger partial charge in [0.15, 0.2) is 0 Å². The number of piperidine rings is 1. The maximum Gasteiger partial charge on any atom is 0.222 e. The van der Waals surface area contributed by atoms with Gasteiger partial charge in [-0.05, 0) is 64.0 Å². The van der Waals surface area contributed by atoms with Crippen LogP contribution in [0.3, 0.4) is 0 Å². The average Bonchev–Trinajstić information content (AvgIpc) is 2.70. The summed E-state index contributed by atoms with van der Waals surface area (Å²) in [6.07, 6.45) is 1.87. The van der Waals surface area contributed by atoms with Gasteiger partial charge in [0.25, 0.3) is 0 Å². The Morgan fingerprint density at radius 1 is 1.13 bits per heavy atom. The lowest BCUT2D eigenvalue weighted by Crippen LogP contribution is -2.45. The molecule has 0 atom stereocenters. The molecule has 0 bridgehead atoms. The van der Waals surface area contributed by atoms with Gasteiger partial charge in [-0.15, -0.1) is 0 Å². The van der Waals surface area contributed by atoms with Crippen LogP contribution in [-0.4, -0.2) is 33.6 Å². The van der Waals surface area contributed by atoms with Gasteiger partial charge in [-0.1, -0.05) is 23.7 Å². The molecule has 164 valence electrons. The van der Waals surface area contributed by atoms with Crippen LogP contribution < -0.4 is 16.2 Å². The Labute approximate surface area is 186 Å². The first-order valence-corrected chi connectivity index (χ1v) is 10.8. The Bertz CT molecular complexity index is 1080. The Morgan fingerprint density at radius 2 is 1.84 bits per heavy atom. The monoisotopic (exact) mass is 443 g/mol. The third kappa shape index (κ3) is 4.52. The number of halogens is 2. The van der Waals surface area contributed by atoms with Crippen molar-refractivity contribution < 1.29 is 9.13 Å². The van der Waals surface area contributed by atoms with Gasteiger partial charge in [-0.3, -0.25) is 4.90 Å². The van der Waals surface area contributed by atoms with Crippen LogP contribution in [0.1, 0.15) is 32.3 Å². The molecule has 0 saturated carbocycles. The number of anilines is 2. The second kappa shape index (κ2) is 8.48. The number of ether oxygens (including phenoxy) is 1. The smallest absolute Gasteiger partial charge is 0.222 e. The maximum atomic E-state index is 14.1. The van der Waals surface area contributed by atoms with E-state index < -0.39 is 5.60 Å². The van der Waals surface area contributed by atoms with E-state index in [2.05, 4.69) is 28.7 Å². The number of nitrogen functional groups attached to an aromatic ring is 2. The normalized spacial score (nSPS) is 16.0. The van der Waals surface area contributed by atoms with E-state index in [0.717, 1.165) is 25.9 Å². The molecule has 4 rings (SSSR count). The molecule has 2 heterocycles. The highest BCUT2D eigenvalue weighted by Gasteiger charge is 2.35. The summed E-state index contributed by atoms with van der Waals surface area (Å²) >= 11 is 6.20. The van der Waals surface area contributed by atoms with Crippen molar-refractivity contribution in [1.82, 2.24) is 14.9 Å². The van der Waals surface area contributed by atoms with Gasteiger partial charge in [0.2, 0.25) is 5.95 Å². The number of likely N-dealkylation sites (tertiary alicyclic amines) is 1. The Balaban J connectivity index is 1.46. The third-order valence-electron chi connectivity index (χ3n) is 6.12. The van der Waals surface area contributed by atoms with Crippen molar-refractivity contribution in [3.63, 3.8) is 0 Å². The van der Waals surface area contributed by atoms with Crippen LogP contribution in [0.25, 0.3) is 10.9 Å². The fraction of sp³-hybridized carbons (Fsp3) is 0.391. The zero-order valence-corrected chi connectivity index (χ0v) is 18.5. The number of nitrogens with zero attached hydrogens (tertiary/aromatic N) is 3. The highest BCUT2D eigenvalue weighted by atomic mass is 35.5. The topological polar surface area (TPSA) is 90.3 Å². The molecule has 3 aromatic rings. The van der Waals surface area contributed by atoms with Gasteiger partial charge < -0.3 is 16.2 Å². The lowest BCUT2D eigenvalue weighted by atomic mass is 9.82. The number of hydrogen-bond acceptors (Lipinski definition) is 6. The van der Waals surface area contributed by atoms with E-state index in [1.165, 1.54) is 6.07 Å². The molecule has 4 N–H and O–H groups in total. The molecular formula is C23H27ClFN5O. The number of hydrogen-bond donors (Lipinski definition) is 2. The molecule has 1 aliphatic heterocycles. The van der Waals surface area contributed by atoms with Crippen LogP contribution in [-0.2, 0) is 6.54 Å². The first-order chi connectivity index (χ1) is 14.7. The summed E-state index contributed by atoms with van der Waals surface area (Å²) in [5.74, 6) is 1.18. The average molecular weight is 444 g/mol. The van der Waals surface area contributed by atoms with Crippen molar-refractivity contribution in [3.8, 4) is 5.75 Å². The first-order valence-electron chi connectivity index (χ1n) is 10.4. The fourth-order valence-corrected chi connectivity index (χ4v) is 4.57. The minimum atomic E-state index is -0.427. The van der Waals surface area contributed by atoms with E-state index in [1.807, 2.05) is 18.2 Å². The van der Waals surface area contributed by atoms with Crippen LogP contribution in [0, 0.1) is 11.7 Å². The zero-order chi connectivity index (χ0) is 22.2. The van der Waals surface area contributed by atoms with Crippen LogP contribution in [0.15, 0.2) is 36.4 Å². The second-order valence-electron chi connectivity index (χ2n) is 8.57. The van der Waals surface area contributed by atoms with Gasteiger partial charge in [0.05, 0.1) is 10.9 Å². The van der Waals surface area contributed by atoms with Crippen LogP contribution in [0.5, 0.6) is 5.75 Å². The van der Waals surface area contributed by atoms with Crippen molar-refractivity contribution in [2.75, 3.05) is 24.6 Å². The zero-order valence-electron chi connectivity index (χ0n) is 17.7. The SMILES string of the molecule is CC(C)(Oc1cccc2nc(N)nc(N)c12)C1CCN(Cc2c(F)cccc2Cl)CC1. The molecule has 0 unspecified atom stereocenters. The van der Waals surface area contributed by atoms with Crippen LogP contribution in [0.2, 0.25) is 5.02 Å². The van der Waals surface area contributed by atoms with Gasteiger partial charge in [-0.25, -0.2) is 9.37 Å². The Hall–Kier alpha value is -2.64. The van der Waals surface area contributed by atoms with Gasteiger partial charge in [0.1, 0.15) is 23.0 Å². The molecule has 0 aliphatic carbocycles. The molecule has 1 aromatic heterocycles. The summed E-state index contributed by atoms with van der Waals surface area (Å²) in [5.41, 5.74) is 12.6. The third-order valence-corrected chi connectivity index (χ3v) is 6.47. The van der Waals surface area contributed by atoms with Gasteiger partial charge >= 0.3 is 0 Å². The number of benzene rings is 2. The van der Waals surface area contributed by atoms with Gasteiger partial charge in [-0.2, -0.15) is 4.98 Å². The number of rotatable bonds is 5. The van der Waals surface area contributed by atoms with Crippen LogP contribution in [0.4, 0.5) is 16.2 Å².